The number of likely N-dealkylation sites (tertiary alicyclic amines) is 1. The summed E-state index contributed by atoms with van der Waals surface area (Å²) >= 11 is 5.86. The molecule has 1 aromatic carbocycles. The van der Waals surface area contributed by atoms with Gasteiger partial charge in [-0.3, -0.25) is 4.79 Å². The largest absolute Gasteiger partial charge is 0.388 e. The number of benzene rings is 1. The van der Waals surface area contributed by atoms with Gasteiger partial charge in [-0.1, -0.05) is 11.6 Å². The Balaban J connectivity index is 2.21. The molecule has 2 rings (SSSR count). The van der Waals surface area contributed by atoms with Gasteiger partial charge in [0.05, 0.1) is 5.60 Å². The first-order valence-corrected chi connectivity index (χ1v) is 6.05. The molecule has 92 valence electrons. The minimum absolute atomic E-state index is 0.0306. The number of hydrogen-bond donors (Lipinski definition) is 1. The third kappa shape index (κ3) is 2.61. The van der Waals surface area contributed by atoms with Gasteiger partial charge in [-0.15, -0.1) is 0 Å². The fourth-order valence-corrected chi connectivity index (χ4v) is 2.38. The molecule has 0 aromatic heterocycles. The number of carbonyl (C=O) groups excluding carboxylic acids is 1. The van der Waals surface area contributed by atoms with E-state index in [1.54, 1.807) is 30.0 Å². The first-order chi connectivity index (χ1) is 7.89. The van der Waals surface area contributed by atoms with Crippen molar-refractivity contribution in [3.8, 4) is 0 Å². The van der Waals surface area contributed by atoms with Crippen molar-refractivity contribution in [1.29, 1.82) is 0 Å². The van der Waals surface area contributed by atoms with Crippen molar-refractivity contribution in [3.05, 3.63) is 34.3 Å². The molecule has 0 bridgehead atoms. The Labute approximate surface area is 106 Å². The maximum atomic E-state index is 12.2. The summed E-state index contributed by atoms with van der Waals surface area (Å²) in [4.78, 5) is 13.9. The number of rotatable bonds is 1. The molecule has 1 amide bonds. The Kier molecular flexibility index (Phi) is 3.15. The van der Waals surface area contributed by atoms with Crippen molar-refractivity contribution < 1.29 is 9.90 Å². The van der Waals surface area contributed by atoms with E-state index in [2.05, 4.69) is 0 Å². The van der Waals surface area contributed by atoms with Gasteiger partial charge >= 0.3 is 0 Å². The molecule has 1 aliphatic rings. The van der Waals surface area contributed by atoms with Gasteiger partial charge in [0.25, 0.3) is 5.91 Å². The lowest BCUT2D eigenvalue weighted by atomic mass is 10.1. The molecule has 0 radical (unpaired) electrons. The average molecular weight is 254 g/mol. The van der Waals surface area contributed by atoms with Gasteiger partial charge in [0.2, 0.25) is 0 Å². The van der Waals surface area contributed by atoms with Gasteiger partial charge in [-0.05, 0) is 44.0 Å². The number of carbonyl (C=O) groups is 1. The number of β-amino-alcohol motifs (C(OH)–C–C–N with tert-alkyl or cyclic N) is 1. The highest BCUT2D eigenvalue weighted by molar-refractivity contribution is 6.30. The van der Waals surface area contributed by atoms with E-state index in [1.807, 2.05) is 6.92 Å². The molecule has 1 saturated heterocycles. The number of hydrogen-bond acceptors (Lipinski definition) is 2. The summed E-state index contributed by atoms with van der Waals surface area (Å²) in [7, 11) is 0. The zero-order valence-electron chi connectivity index (χ0n) is 10.0. The Morgan fingerprint density at radius 3 is 2.76 bits per heavy atom. The van der Waals surface area contributed by atoms with Crippen molar-refractivity contribution in [1.82, 2.24) is 4.90 Å². The van der Waals surface area contributed by atoms with Gasteiger partial charge in [-0.25, -0.2) is 0 Å². The van der Waals surface area contributed by atoms with Gasteiger partial charge in [0.15, 0.2) is 0 Å². The lowest BCUT2D eigenvalue weighted by Crippen LogP contribution is -2.34. The third-order valence-corrected chi connectivity index (χ3v) is 3.39. The summed E-state index contributed by atoms with van der Waals surface area (Å²) in [6.07, 6.45) is 0.630. The summed E-state index contributed by atoms with van der Waals surface area (Å²) < 4.78 is 0. The van der Waals surface area contributed by atoms with Gasteiger partial charge in [0.1, 0.15) is 0 Å². The lowest BCUT2D eigenvalue weighted by molar-refractivity contribution is 0.0571. The van der Waals surface area contributed by atoms with Crippen LogP contribution >= 0.6 is 11.6 Å². The quantitative estimate of drug-likeness (QED) is 0.834. The molecule has 0 saturated carbocycles. The zero-order valence-corrected chi connectivity index (χ0v) is 10.8. The number of amides is 1. The van der Waals surface area contributed by atoms with Crippen molar-refractivity contribution >= 4 is 17.5 Å². The summed E-state index contributed by atoms with van der Waals surface area (Å²) in [6, 6.07) is 5.24. The molecule has 1 aromatic rings. The Morgan fingerprint density at radius 1 is 1.53 bits per heavy atom. The van der Waals surface area contributed by atoms with E-state index in [9.17, 15) is 9.90 Å². The zero-order chi connectivity index (χ0) is 12.6. The van der Waals surface area contributed by atoms with Crippen LogP contribution in [0.1, 0.15) is 29.3 Å². The molecule has 17 heavy (non-hydrogen) atoms. The van der Waals surface area contributed by atoms with Crippen LogP contribution in [0.4, 0.5) is 0 Å². The van der Waals surface area contributed by atoms with Crippen LogP contribution in [0.5, 0.6) is 0 Å². The summed E-state index contributed by atoms with van der Waals surface area (Å²) in [5.41, 5.74) is 0.775. The first kappa shape index (κ1) is 12.4. The second kappa shape index (κ2) is 4.31. The van der Waals surface area contributed by atoms with E-state index in [4.69, 9.17) is 11.6 Å². The standard InChI is InChI=1S/C13H16ClNO2/c1-9-7-10(14)3-4-11(9)12(16)15-6-5-13(2,17)8-15/h3-4,7,17H,5-6,8H2,1-2H3. The van der Waals surface area contributed by atoms with Crippen LogP contribution in [0.2, 0.25) is 5.02 Å². The van der Waals surface area contributed by atoms with Crippen molar-refractivity contribution in [2.45, 2.75) is 25.9 Å². The van der Waals surface area contributed by atoms with E-state index < -0.39 is 5.60 Å². The molecule has 4 heteroatoms. The van der Waals surface area contributed by atoms with E-state index in [0.29, 0.717) is 30.1 Å². The monoisotopic (exact) mass is 253 g/mol. The van der Waals surface area contributed by atoms with Crippen molar-refractivity contribution in [2.75, 3.05) is 13.1 Å². The van der Waals surface area contributed by atoms with Crippen LogP contribution in [0.25, 0.3) is 0 Å². The van der Waals surface area contributed by atoms with Crippen molar-refractivity contribution in [2.24, 2.45) is 0 Å². The second-order valence-electron chi connectivity index (χ2n) is 4.93. The Bertz CT molecular complexity index is 457. The molecule has 1 fully saturated rings. The highest BCUT2D eigenvalue weighted by atomic mass is 35.5. The van der Waals surface area contributed by atoms with Crippen LogP contribution < -0.4 is 0 Å². The number of aliphatic hydroxyl groups is 1. The smallest absolute Gasteiger partial charge is 0.254 e. The summed E-state index contributed by atoms with van der Waals surface area (Å²) in [5, 5.41) is 10.5. The first-order valence-electron chi connectivity index (χ1n) is 5.67. The van der Waals surface area contributed by atoms with E-state index in [0.717, 1.165) is 5.56 Å². The Hall–Kier alpha value is -1.06. The lowest BCUT2D eigenvalue weighted by Gasteiger charge is -2.20. The maximum Gasteiger partial charge on any atom is 0.254 e. The molecule has 0 aliphatic carbocycles. The molecular formula is C13H16ClNO2. The van der Waals surface area contributed by atoms with Crippen LogP contribution in [0, 0.1) is 6.92 Å². The predicted octanol–water partition coefficient (Wildman–Crippen LogP) is 2.25. The molecule has 0 spiro atoms. The molecule has 1 heterocycles. The highest BCUT2D eigenvalue weighted by Gasteiger charge is 2.34. The van der Waals surface area contributed by atoms with Crippen LogP contribution in [-0.2, 0) is 0 Å². The summed E-state index contributed by atoms with van der Waals surface area (Å²) in [6.45, 7) is 4.63. The molecule has 1 unspecified atom stereocenters. The molecule has 1 atom stereocenters. The van der Waals surface area contributed by atoms with Gasteiger partial charge in [-0.2, -0.15) is 0 Å². The molecule has 1 aliphatic heterocycles. The predicted molar refractivity (Wildman–Crippen MR) is 67.3 cm³/mol. The minimum Gasteiger partial charge on any atom is -0.388 e. The fourth-order valence-electron chi connectivity index (χ4n) is 2.16. The van der Waals surface area contributed by atoms with Crippen LogP contribution in [-0.4, -0.2) is 34.6 Å². The number of halogens is 1. The van der Waals surface area contributed by atoms with Crippen LogP contribution in [0.15, 0.2) is 18.2 Å². The average Bonchev–Trinajstić information content (AvgIpc) is 2.58. The fraction of sp³-hybridized carbons (Fsp3) is 0.462. The second-order valence-corrected chi connectivity index (χ2v) is 5.37. The summed E-state index contributed by atoms with van der Waals surface area (Å²) in [5.74, 6) is -0.0306. The molecule has 1 N–H and O–H groups in total. The van der Waals surface area contributed by atoms with Gasteiger partial charge < -0.3 is 10.0 Å². The highest BCUT2D eigenvalue weighted by Crippen LogP contribution is 2.24. The normalized spacial score (nSPS) is 24.1. The van der Waals surface area contributed by atoms with Crippen LogP contribution in [0.3, 0.4) is 0 Å². The van der Waals surface area contributed by atoms with E-state index in [-0.39, 0.29) is 5.91 Å². The van der Waals surface area contributed by atoms with Gasteiger partial charge in [0, 0.05) is 23.7 Å². The molecular weight excluding hydrogens is 238 g/mol. The number of aryl methyl sites for hydroxylation is 1. The van der Waals surface area contributed by atoms with E-state index >= 15 is 0 Å². The third-order valence-electron chi connectivity index (χ3n) is 3.16. The SMILES string of the molecule is Cc1cc(Cl)ccc1C(=O)N1CCC(C)(O)C1. The van der Waals surface area contributed by atoms with E-state index in [1.165, 1.54) is 0 Å². The molecule has 3 nitrogen and oxygen atoms in total. The minimum atomic E-state index is -0.754. The van der Waals surface area contributed by atoms with Crippen molar-refractivity contribution in [3.63, 3.8) is 0 Å². The Morgan fingerprint density at radius 2 is 2.24 bits per heavy atom. The maximum absolute atomic E-state index is 12.2. The topological polar surface area (TPSA) is 40.5 Å². The number of nitrogens with zero attached hydrogens (tertiary/aromatic N) is 1.